The van der Waals surface area contributed by atoms with Gasteiger partial charge in [-0.05, 0) is 31.5 Å². The molecular weight excluding hydrogens is 262 g/mol. The Morgan fingerprint density at radius 2 is 2.42 bits per heavy atom. The van der Waals surface area contributed by atoms with Gasteiger partial charge in [0, 0.05) is 12.6 Å². The van der Waals surface area contributed by atoms with Crippen LogP contribution in [0.5, 0.6) is 0 Å². The molecular formula is C13H16ClN5. The fraction of sp³-hybridized carbons (Fsp3) is 0.385. The van der Waals surface area contributed by atoms with E-state index in [9.17, 15) is 0 Å². The first-order chi connectivity index (χ1) is 9.34. The van der Waals surface area contributed by atoms with Crippen LogP contribution in [0.4, 0.5) is 5.69 Å². The lowest BCUT2D eigenvalue weighted by atomic mass is 10.2. The molecule has 3 rings (SSSR count). The second-order valence-corrected chi connectivity index (χ2v) is 5.06. The maximum absolute atomic E-state index is 6.27. The molecule has 2 aromatic rings. The van der Waals surface area contributed by atoms with Gasteiger partial charge in [-0.25, -0.2) is 9.67 Å². The van der Waals surface area contributed by atoms with Crippen molar-refractivity contribution in [2.24, 2.45) is 0 Å². The van der Waals surface area contributed by atoms with Crippen molar-refractivity contribution in [3.05, 3.63) is 35.9 Å². The molecule has 2 heterocycles. The van der Waals surface area contributed by atoms with Gasteiger partial charge in [0.25, 0.3) is 0 Å². The smallest absolute Gasteiger partial charge is 0.138 e. The van der Waals surface area contributed by atoms with E-state index in [1.165, 1.54) is 19.2 Å². The molecule has 0 amide bonds. The summed E-state index contributed by atoms with van der Waals surface area (Å²) >= 11 is 6.27. The second-order valence-electron chi connectivity index (χ2n) is 4.65. The zero-order valence-electron chi connectivity index (χ0n) is 10.5. The number of rotatable bonds is 4. The number of aromatic nitrogens is 3. The second kappa shape index (κ2) is 5.59. The molecule has 0 saturated carbocycles. The summed E-state index contributed by atoms with van der Waals surface area (Å²) < 4.78 is 1.69. The first-order valence-electron chi connectivity index (χ1n) is 6.45. The summed E-state index contributed by atoms with van der Waals surface area (Å²) in [5.41, 5.74) is 1.83. The minimum absolute atomic E-state index is 0.530. The maximum atomic E-state index is 6.27. The van der Waals surface area contributed by atoms with Crippen LogP contribution in [0.1, 0.15) is 12.8 Å². The van der Waals surface area contributed by atoms with Crippen LogP contribution in [0.15, 0.2) is 30.9 Å². The number of benzene rings is 1. The van der Waals surface area contributed by atoms with Gasteiger partial charge in [0.05, 0.1) is 10.7 Å². The van der Waals surface area contributed by atoms with E-state index in [1.807, 2.05) is 18.2 Å². The van der Waals surface area contributed by atoms with Crippen molar-refractivity contribution in [2.75, 3.05) is 18.4 Å². The average Bonchev–Trinajstić information content (AvgIpc) is 3.09. The first kappa shape index (κ1) is 12.4. The molecule has 100 valence electrons. The molecule has 6 heteroatoms. The third kappa shape index (κ3) is 2.72. The standard InChI is InChI=1S/C13H16ClN5/c14-11-4-1-5-12(13(11)19-9-15-8-18-19)17-7-10-3-2-6-16-10/h1,4-5,8-10,16-17H,2-3,6-7H2. The van der Waals surface area contributed by atoms with E-state index in [4.69, 9.17) is 11.6 Å². The lowest BCUT2D eigenvalue weighted by Crippen LogP contribution is -2.29. The van der Waals surface area contributed by atoms with Crippen molar-refractivity contribution in [1.29, 1.82) is 0 Å². The number of nitrogens with zero attached hydrogens (tertiary/aromatic N) is 3. The molecule has 1 fully saturated rings. The molecule has 1 aromatic carbocycles. The summed E-state index contributed by atoms with van der Waals surface area (Å²) in [6.45, 7) is 2.00. The number of nitrogens with one attached hydrogen (secondary N) is 2. The van der Waals surface area contributed by atoms with Gasteiger partial charge in [-0.3, -0.25) is 0 Å². The Morgan fingerprint density at radius 1 is 1.47 bits per heavy atom. The lowest BCUT2D eigenvalue weighted by Gasteiger charge is -2.16. The number of hydrogen-bond donors (Lipinski definition) is 2. The van der Waals surface area contributed by atoms with E-state index in [0.717, 1.165) is 24.5 Å². The van der Waals surface area contributed by atoms with E-state index in [1.54, 1.807) is 11.0 Å². The van der Waals surface area contributed by atoms with E-state index in [-0.39, 0.29) is 0 Å². The van der Waals surface area contributed by atoms with E-state index >= 15 is 0 Å². The Morgan fingerprint density at radius 3 is 3.16 bits per heavy atom. The van der Waals surface area contributed by atoms with Crippen LogP contribution in [0.25, 0.3) is 5.69 Å². The zero-order valence-corrected chi connectivity index (χ0v) is 11.3. The van der Waals surface area contributed by atoms with Crippen LogP contribution >= 0.6 is 11.6 Å². The summed E-state index contributed by atoms with van der Waals surface area (Å²) in [6.07, 6.45) is 5.62. The number of anilines is 1. The first-order valence-corrected chi connectivity index (χ1v) is 6.83. The van der Waals surface area contributed by atoms with Crippen molar-refractivity contribution in [2.45, 2.75) is 18.9 Å². The third-order valence-electron chi connectivity index (χ3n) is 3.34. The molecule has 5 nitrogen and oxygen atoms in total. The van der Waals surface area contributed by atoms with Crippen LogP contribution < -0.4 is 10.6 Å². The summed E-state index contributed by atoms with van der Waals surface area (Å²) in [4.78, 5) is 3.97. The van der Waals surface area contributed by atoms with E-state index in [0.29, 0.717) is 11.1 Å². The van der Waals surface area contributed by atoms with Gasteiger partial charge >= 0.3 is 0 Å². The Kier molecular flexibility index (Phi) is 3.66. The molecule has 1 aliphatic heterocycles. The minimum Gasteiger partial charge on any atom is -0.382 e. The Labute approximate surface area is 117 Å². The monoisotopic (exact) mass is 277 g/mol. The molecule has 2 N–H and O–H groups in total. The number of para-hydroxylation sites is 1. The summed E-state index contributed by atoms with van der Waals surface area (Å²) in [7, 11) is 0. The highest BCUT2D eigenvalue weighted by atomic mass is 35.5. The number of hydrogen-bond acceptors (Lipinski definition) is 4. The highest BCUT2D eigenvalue weighted by molar-refractivity contribution is 6.33. The van der Waals surface area contributed by atoms with Gasteiger partial charge in [-0.2, -0.15) is 5.10 Å². The molecule has 0 aliphatic carbocycles. The van der Waals surface area contributed by atoms with Crippen molar-refractivity contribution in [3.63, 3.8) is 0 Å². The van der Waals surface area contributed by atoms with Gasteiger partial charge in [-0.1, -0.05) is 17.7 Å². The topological polar surface area (TPSA) is 54.8 Å². The normalized spacial score (nSPS) is 18.7. The fourth-order valence-electron chi connectivity index (χ4n) is 2.38. The predicted octanol–water partition coefficient (Wildman–Crippen LogP) is 2.08. The molecule has 1 saturated heterocycles. The van der Waals surface area contributed by atoms with Crippen LogP contribution in [0, 0.1) is 0 Å². The Bertz CT molecular complexity index is 534. The van der Waals surface area contributed by atoms with Crippen molar-refractivity contribution in [3.8, 4) is 5.69 Å². The molecule has 1 aliphatic rings. The summed E-state index contributed by atoms with van der Waals surface area (Å²) in [6, 6.07) is 6.34. The van der Waals surface area contributed by atoms with Crippen LogP contribution in [-0.4, -0.2) is 33.9 Å². The minimum atomic E-state index is 0.530. The molecule has 0 bridgehead atoms. The molecule has 1 unspecified atom stereocenters. The summed E-state index contributed by atoms with van der Waals surface area (Å²) in [5.74, 6) is 0. The van der Waals surface area contributed by atoms with Crippen LogP contribution in [-0.2, 0) is 0 Å². The van der Waals surface area contributed by atoms with Crippen molar-refractivity contribution >= 4 is 17.3 Å². The van der Waals surface area contributed by atoms with Crippen LogP contribution in [0.2, 0.25) is 5.02 Å². The SMILES string of the molecule is Clc1cccc(NCC2CCCN2)c1-n1cncn1. The number of halogens is 1. The maximum Gasteiger partial charge on any atom is 0.138 e. The largest absolute Gasteiger partial charge is 0.382 e. The molecule has 1 atom stereocenters. The van der Waals surface area contributed by atoms with E-state index in [2.05, 4.69) is 20.7 Å². The van der Waals surface area contributed by atoms with Gasteiger partial charge < -0.3 is 10.6 Å². The predicted molar refractivity (Wildman–Crippen MR) is 75.9 cm³/mol. The Balaban J connectivity index is 1.82. The quantitative estimate of drug-likeness (QED) is 0.898. The lowest BCUT2D eigenvalue weighted by molar-refractivity contribution is 0.633. The molecule has 0 spiro atoms. The average molecular weight is 278 g/mol. The van der Waals surface area contributed by atoms with Gasteiger partial charge in [0.2, 0.25) is 0 Å². The van der Waals surface area contributed by atoms with Crippen molar-refractivity contribution in [1.82, 2.24) is 20.1 Å². The van der Waals surface area contributed by atoms with Gasteiger partial charge in [0.1, 0.15) is 18.3 Å². The zero-order chi connectivity index (χ0) is 13.1. The Hall–Kier alpha value is -1.59. The van der Waals surface area contributed by atoms with Gasteiger partial charge in [-0.15, -0.1) is 0 Å². The highest BCUT2D eigenvalue weighted by Crippen LogP contribution is 2.27. The highest BCUT2D eigenvalue weighted by Gasteiger charge is 2.15. The molecule has 1 aromatic heterocycles. The van der Waals surface area contributed by atoms with E-state index < -0.39 is 0 Å². The van der Waals surface area contributed by atoms with Crippen LogP contribution in [0.3, 0.4) is 0 Å². The van der Waals surface area contributed by atoms with Gasteiger partial charge in [0.15, 0.2) is 0 Å². The summed E-state index contributed by atoms with van der Waals surface area (Å²) in [5, 5.41) is 11.7. The molecule has 0 radical (unpaired) electrons. The third-order valence-corrected chi connectivity index (χ3v) is 3.64. The van der Waals surface area contributed by atoms with Crippen molar-refractivity contribution < 1.29 is 0 Å². The molecule has 19 heavy (non-hydrogen) atoms. The fourth-order valence-corrected chi connectivity index (χ4v) is 2.64.